The molecule has 1 N–H and O–H groups in total. The molecule has 0 amide bonds. The molecule has 0 aromatic rings. The van der Waals surface area contributed by atoms with Crippen molar-refractivity contribution in [3.05, 3.63) is 0 Å². The number of thioether (sulfide) groups is 1. The molecule has 0 aromatic heterocycles. The average molecular weight is 232 g/mol. The maximum Gasteiger partial charge on any atom is 0.303 e. The van der Waals surface area contributed by atoms with Crippen LogP contribution in [0.5, 0.6) is 0 Å². The Balaban J connectivity index is 1.97. The molecular formula is C11H20O3S. The zero-order valence-electron chi connectivity index (χ0n) is 9.33. The Morgan fingerprint density at radius 1 is 1.53 bits per heavy atom. The van der Waals surface area contributed by atoms with Crippen LogP contribution in [-0.4, -0.2) is 35.8 Å². The molecule has 0 unspecified atom stereocenters. The van der Waals surface area contributed by atoms with Crippen molar-refractivity contribution in [2.75, 3.05) is 24.7 Å². The fourth-order valence-corrected chi connectivity index (χ4v) is 2.86. The lowest BCUT2D eigenvalue weighted by Crippen LogP contribution is -2.11. The predicted octanol–water partition coefficient (Wildman–Crippen LogP) is 2.40. The van der Waals surface area contributed by atoms with Crippen molar-refractivity contribution in [1.82, 2.24) is 0 Å². The van der Waals surface area contributed by atoms with E-state index in [1.54, 1.807) is 0 Å². The van der Waals surface area contributed by atoms with Crippen LogP contribution < -0.4 is 0 Å². The molecule has 1 fully saturated rings. The van der Waals surface area contributed by atoms with E-state index in [1.165, 1.54) is 0 Å². The molecule has 0 bridgehead atoms. The van der Waals surface area contributed by atoms with E-state index in [9.17, 15) is 4.79 Å². The first-order chi connectivity index (χ1) is 7.18. The van der Waals surface area contributed by atoms with Crippen LogP contribution in [0, 0.1) is 5.41 Å². The van der Waals surface area contributed by atoms with Crippen LogP contribution >= 0.6 is 11.8 Å². The number of aliphatic carboxylic acids is 1. The average Bonchev–Trinajstić information content (AvgIpc) is 2.91. The lowest BCUT2D eigenvalue weighted by atomic mass is 10.1. The number of carboxylic acids is 1. The summed E-state index contributed by atoms with van der Waals surface area (Å²) in [6, 6.07) is 0. The van der Waals surface area contributed by atoms with E-state index < -0.39 is 5.97 Å². The minimum absolute atomic E-state index is 0.141. The molecule has 0 heterocycles. The number of hydrogen-bond acceptors (Lipinski definition) is 3. The summed E-state index contributed by atoms with van der Waals surface area (Å²) in [4.78, 5) is 10.6. The van der Waals surface area contributed by atoms with E-state index in [0.717, 1.165) is 44.0 Å². The predicted molar refractivity (Wildman–Crippen MR) is 62.4 cm³/mol. The summed E-state index contributed by atoms with van der Waals surface area (Å²) < 4.78 is 5.24. The zero-order chi connectivity index (χ0) is 11.1. The summed E-state index contributed by atoms with van der Waals surface area (Å²) in [6.07, 6.45) is 3.61. The summed E-state index contributed by atoms with van der Waals surface area (Å²) in [5.41, 5.74) is 0.141. The van der Waals surface area contributed by atoms with Crippen LogP contribution in [0.2, 0.25) is 0 Å². The lowest BCUT2D eigenvalue weighted by molar-refractivity contribution is -0.138. The van der Waals surface area contributed by atoms with Gasteiger partial charge in [-0.25, -0.2) is 0 Å². The maximum atomic E-state index is 10.6. The van der Waals surface area contributed by atoms with E-state index in [0.29, 0.717) is 6.42 Å². The molecule has 15 heavy (non-hydrogen) atoms. The number of carboxylic acid groups (broad SMARTS) is 1. The molecule has 1 aliphatic rings. The summed E-state index contributed by atoms with van der Waals surface area (Å²) >= 11 is 1.87. The molecule has 1 rings (SSSR count). The maximum absolute atomic E-state index is 10.6. The molecule has 0 radical (unpaired) electrons. The van der Waals surface area contributed by atoms with Gasteiger partial charge in [0.05, 0.1) is 6.42 Å². The van der Waals surface area contributed by atoms with Gasteiger partial charge in [0.2, 0.25) is 0 Å². The van der Waals surface area contributed by atoms with Gasteiger partial charge >= 0.3 is 5.97 Å². The second kappa shape index (κ2) is 6.38. The van der Waals surface area contributed by atoms with Gasteiger partial charge in [-0.2, -0.15) is 11.8 Å². The van der Waals surface area contributed by atoms with Crippen molar-refractivity contribution < 1.29 is 14.6 Å². The molecular weight excluding hydrogens is 212 g/mol. The highest BCUT2D eigenvalue weighted by molar-refractivity contribution is 7.99. The monoisotopic (exact) mass is 232 g/mol. The van der Waals surface area contributed by atoms with Crippen molar-refractivity contribution in [1.29, 1.82) is 0 Å². The SMILES string of the molecule is CCOCCCSCC1(CC(=O)O)CC1. The van der Waals surface area contributed by atoms with Crippen molar-refractivity contribution in [2.24, 2.45) is 5.41 Å². The summed E-state index contributed by atoms with van der Waals surface area (Å²) in [5.74, 6) is 1.44. The fraction of sp³-hybridized carbons (Fsp3) is 0.909. The Hall–Kier alpha value is -0.220. The molecule has 0 aromatic carbocycles. The van der Waals surface area contributed by atoms with Crippen molar-refractivity contribution in [3.63, 3.8) is 0 Å². The van der Waals surface area contributed by atoms with Gasteiger partial charge in [0.1, 0.15) is 0 Å². The van der Waals surface area contributed by atoms with Crippen LogP contribution in [0.3, 0.4) is 0 Å². The number of hydrogen-bond donors (Lipinski definition) is 1. The third-order valence-corrected chi connectivity index (χ3v) is 4.07. The standard InChI is InChI=1S/C11H20O3S/c1-2-14-6-3-7-15-9-11(4-5-11)8-10(12)13/h2-9H2,1H3,(H,12,13). The Morgan fingerprint density at radius 3 is 2.80 bits per heavy atom. The second-order valence-corrected chi connectivity index (χ2v) is 5.28. The Labute approximate surface area is 95.6 Å². The van der Waals surface area contributed by atoms with Gasteiger partial charge in [-0.3, -0.25) is 4.79 Å². The number of carbonyl (C=O) groups is 1. The van der Waals surface area contributed by atoms with Gasteiger partial charge in [-0.1, -0.05) is 0 Å². The largest absolute Gasteiger partial charge is 0.481 e. The Bertz CT molecular complexity index is 202. The van der Waals surface area contributed by atoms with E-state index in [4.69, 9.17) is 9.84 Å². The number of rotatable bonds is 9. The van der Waals surface area contributed by atoms with Crippen molar-refractivity contribution >= 4 is 17.7 Å². The van der Waals surface area contributed by atoms with Gasteiger partial charge in [0.25, 0.3) is 0 Å². The van der Waals surface area contributed by atoms with Crippen LogP contribution in [0.15, 0.2) is 0 Å². The molecule has 0 saturated heterocycles. The highest BCUT2D eigenvalue weighted by Crippen LogP contribution is 2.50. The van der Waals surface area contributed by atoms with Crippen LogP contribution in [0.4, 0.5) is 0 Å². The minimum atomic E-state index is -0.651. The first-order valence-corrected chi connectivity index (χ1v) is 6.71. The zero-order valence-corrected chi connectivity index (χ0v) is 10.1. The number of ether oxygens (including phenoxy) is 1. The first-order valence-electron chi connectivity index (χ1n) is 5.56. The highest BCUT2D eigenvalue weighted by atomic mass is 32.2. The summed E-state index contributed by atoms with van der Waals surface area (Å²) in [6.45, 7) is 3.61. The molecule has 3 nitrogen and oxygen atoms in total. The Kier molecular flexibility index (Phi) is 5.47. The summed E-state index contributed by atoms with van der Waals surface area (Å²) in [5, 5.41) is 8.73. The highest BCUT2D eigenvalue weighted by Gasteiger charge is 2.43. The van der Waals surface area contributed by atoms with E-state index >= 15 is 0 Å². The second-order valence-electron chi connectivity index (χ2n) is 4.17. The van der Waals surface area contributed by atoms with Crippen molar-refractivity contribution in [3.8, 4) is 0 Å². The van der Waals surface area contributed by atoms with Crippen LogP contribution in [-0.2, 0) is 9.53 Å². The minimum Gasteiger partial charge on any atom is -0.481 e. The first kappa shape index (κ1) is 12.8. The van der Waals surface area contributed by atoms with E-state index in [1.807, 2.05) is 18.7 Å². The van der Waals surface area contributed by atoms with Gasteiger partial charge in [-0.15, -0.1) is 0 Å². The molecule has 0 spiro atoms. The molecule has 0 atom stereocenters. The molecule has 1 aliphatic carbocycles. The topological polar surface area (TPSA) is 46.5 Å². The smallest absolute Gasteiger partial charge is 0.303 e. The third kappa shape index (κ3) is 5.42. The molecule has 1 saturated carbocycles. The van der Waals surface area contributed by atoms with E-state index in [-0.39, 0.29) is 5.41 Å². The lowest BCUT2D eigenvalue weighted by Gasteiger charge is -2.11. The van der Waals surface area contributed by atoms with Crippen LogP contribution in [0.1, 0.15) is 32.6 Å². The summed E-state index contributed by atoms with van der Waals surface area (Å²) in [7, 11) is 0. The van der Waals surface area contributed by atoms with E-state index in [2.05, 4.69) is 0 Å². The molecule has 88 valence electrons. The Morgan fingerprint density at radius 2 is 2.27 bits per heavy atom. The van der Waals surface area contributed by atoms with Crippen molar-refractivity contribution in [2.45, 2.75) is 32.6 Å². The normalized spacial score (nSPS) is 17.7. The van der Waals surface area contributed by atoms with Gasteiger partial charge in [0, 0.05) is 13.2 Å². The van der Waals surface area contributed by atoms with Gasteiger partial charge in [-0.05, 0) is 43.1 Å². The molecule has 4 heteroatoms. The quantitative estimate of drug-likeness (QED) is 0.620. The van der Waals surface area contributed by atoms with Crippen LogP contribution in [0.25, 0.3) is 0 Å². The molecule has 0 aliphatic heterocycles. The van der Waals surface area contributed by atoms with Gasteiger partial charge < -0.3 is 9.84 Å². The van der Waals surface area contributed by atoms with Gasteiger partial charge in [0.15, 0.2) is 0 Å². The fourth-order valence-electron chi connectivity index (χ4n) is 1.57. The third-order valence-electron chi connectivity index (χ3n) is 2.67.